The van der Waals surface area contributed by atoms with Crippen molar-refractivity contribution in [2.75, 3.05) is 37.8 Å². The van der Waals surface area contributed by atoms with Gasteiger partial charge in [0, 0.05) is 29.7 Å². The van der Waals surface area contributed by atoms with Crippen LogP contribution in [0, 0.1) is 6.92 Å². The molecule has 1 aliphatic rings. The van der Waals surface area contributed by atoms with E-state index in [1.165, 1.54) is 11.3 Å². The standard InChI is InChI=1S/C16H19N3O3S/c1-3-22-16(20)14-11(2)23-15(18-14)12-4-5-13(17-10-12)19-6-8-21-9-7-19/h4-5,10H,3,6-9H2,1-2H3. The molecule has 1 aliphatic heterocycles. The van der Waals surface area contributed by atoms with E-state index in [9.17, 15) is 4.79 Å². The molecule has 6 nitrogen and oxygen atoms in total. The SMILES string of the molecule is CCOC(=O)c1nc(-c2ccc(N3CCOCC3)nc2)sc1C. The lowest BCUT2D eigenvalue weighted by Gasteiger charge is -2.27. The van der Waals surface area contributed by atoms with Crippen molar-refractivity contribution in [2.24, 2.45) is 0 Å². The fraction of sp³-hybridized carbons (Fsp3) is 0.438. The van der Waals surface area contributed by atoms with Gasteiger partial charge in [-0.15, -0.1) is 11.3 Å². The molecule has 0 bridgehead atoms. The van der Waals surface area contributed by atoms with Crippen molar-refractivity contribution >= 4 is 23.1 Å². The van der Waals surface area contributed by atoms with Gasteiger partial charge in [-0.25, -0.2) is 14.8 Å². The minimum absolute atomic E-state index is 0.348. The molecule has 0 aromatic carbocycles. The molecule has 2 aromatic rings. The average molecular weight is 333 g/mol. The van der Waals surface area contributed by atoms with Gasteiger partial charge in [0.1, 0.15) is 10.8 Å². The number of aryl methyl sites for hydroxylation is 1. The summed E-state index contributed by atoms with van der Waals surface area (Å²) in [6.45, 7) is 7.19. The Balaban J connectivity index is 1.79. The van der Waals surface area contributed by atoms with E-state index in [0.717, 1.165) is 47.6 Å². The molecule has 3 heterocycles. The first-order chi connectivity index (χ1) is 11.2. The molecule has 0 radical (unpaired) electrons. The highest BCUT2D eigenvalue weighted by molar-refractivity contribution is 7.15. The van der Waals surface area contributed by atoms with Crippen LogP contribution in [0.25, 0.3) is 10.6 Å². The highest BCUT2D eigenvalue weighted by atomic mass is 32.1. The van der Waals surface area contributed by atoms with Crippen molar-refractivity contribution in [3.63, 3.8) is 0 Å². The van der Waals surface area contributed by atoms with Crippen molar-refractivity contribution in [3.8, 4) is 10.6 Å². The molecule has 0 saturated carbocycles. The van der Waals surface area contributed by atoms with Crippen LogP contribution >= 0.6 is 11.3 Å². The van der Waals surface area contributed by atoms with Crippen molar-refractivity contribution in [2.45, 2.75) is 13.8 Å². The number of carbonyl (C=O) groups excluding carboxylic acids is 1. The maximum absolute atomic E-state index is 11.9. The van der Waals surface area contributed by atoms with Crippen LogP contribution in [0.15, 0.2) is 18.3 Å². The third-order valence-electron chi connectivity index (χ3n) is 3.60. The number of esters is 1. The van der Waals surface area contributed by atoms with Crippen LogP contribution in [0.2, 0.25) is 0 Å². The van der Waals surface area contributed by atoms with Gasteiger partial charge in [0.25, 0.3) is 0 Å². The van der Waals surface area contributed by atoms with E-state index in [-0.39, 0.29) is 5.97 Å². The van der Waals surface area contributed by atoms with Gasteiger partial charge in [-0.05, 0) is 26.0 Å². The van der Waals surface area contributed by atoms with Gasteiger partial charge in [-0.1, -0.05) is 0 Å². The van der Waals surface area contributed by atoms with Gasteiger partial charge in [0.2, 0.25) is 0 Å². The third kappa shape index (κ3) is 3.51. The fourth-order valence-electron chi connectivity index (χ4n) is 2.40. The van der Waals surface area contributed by atoms with Gasteiger partial charge < -0.3 is 14.4 Å². The van der Waals surface area contributed by atoms with Gasteiger partial charge in [-0.3, -0.25) is 0 Å². The summed E-state index contributed by atoms with van der Waals surface area (Å²) in [6.07, 6.45) is 1.80. The molecule has 0 atom stereocenters. The van der Waals surface area contributed by atoms with Crippen LogP contribution in [0.5, 0.6) is 0 Å². The Labute approximate surface area is 139 Å². The second kappa shape index (κ2) is 7.06. The molecule has 2 aromatic heterocycles. The van der Waals surface area contributed by atoms with Crippen LogP contribution in [-0.2, 0) is 9.47 Å². The van der Waals surface area contributed by atoms with E-state index in [1.54, 1.807) is 13.1 Å². The van der Waals surface area contributed by atoms with Crippen LogP contribution in [0.4, 0.5) is 5.82 Å². The number of carbonyl (C=O) groups is 1. The Kier molecular flexibility index (Phi) is 4.88. The maximum atomic E-state index is 11.9. The topological polar surface area (TPSA) is 64.5 Å². The number of hydrogen-bond acceptors (Lipinski definition) is 7. The number of morpholine rings is 1. The first-order valence-corrected chi connectivity index (χ1v) is 8.44. The van der Waals surface area contributed by atoms with Crippen molar-refractivity contribution in [1.82, 2.24) is 9.97 Å². The van der Waals surface area contributed by atoms with E-state index in [0.29, 0.717) is 12.3 Å². The molecule has 0 unspecified atom stereocenters. The summed E-state index contributed by atoms with van der Waals surface area (Å²) < 4.78 is 10.4. The minimum atomic E-state index is -0.370. The highest BCUT2D eigenvalue weighted by Crippen LogP contribution is 2.28. The summed E-state index contributed by atoms with van der Waals surface area (Å²) in [6, 6.07) is 3.98. The number of thiazole rings is 1. The molecule has 0 spiro atoms. The van der Waals surface area contributed by atoms with Crippen molar-refractivity contribution < 1.29 is 14.3 Å². The number of hydrogen-bond donors (Lipinski definition) is 0. The molecular weight excluding hydrogens is 314 g/mol. The van der Waals surface area contributed by atoms with E-state index in [1.807, 2.05) is 19.1 Å². The Hall–Kier alpha value is -1.99. The van der Waals surface area contributed by atoms with Gasteiger partial charge in [0.15, 0.2) is 5.69 Å². The largest absolute Gasteiger partial charge is 0.461 e. The summed E-state index contributed by atoms with van der Waals surface area (Å²) in [5.41, 5.74) is 1.30. The number of anilines is 1. The monoisotopic (exact) mass is 333 g/mol. The maximum Gasteiger partial charge on any atom is 0.358 e. The zero-order valence-corrected chi connectivity index (χ0v) is 14.1. The van der Waals surface area contributed by atoms with Crippen LogP contribution in [0.3, 0.4) is 0 Å². The second-order valence-electron chi connectivity index (χ2n) is 5.15. The lowest BCUT2D eigenvalue weighted by molar-refractivity contribution is 0.0519. The zero-order chi connectivity index (χ0) is 16.2. The molecule has 1 saturated heterocycles. The molecule has 0 amide bonds. The van der Waals surface area contributed by atoms with E-state index < -0.39 is 0 Å². The van der Waals surface area contributed by atoms with Gasteiger partial charge in [-0.2, -0.15) is 0 Å². The summed E-state index contributed by atoms with van der Waals surface area (Å²) >= 11 is 1.48. The van der Waals surface area contributed by atoms with Gasteiger partial charge in [0.05, 0.1) is 19.8 Å². The normalized spacial score (nSPS) is 14.8. The van der Waals surface area contributed by atoms with Crippen molar-refractivity contribution in [1.29, 1.82) is 0 Å². The number of nitrogens with zero attached hydrogens (tertiary/aromatic N) is 3. The summed E-state index contributed by atoms with van der Waals surface area (Å²) in [5.74, 6) is 0.571. The summed E-state index contributed by atoms with van der Waals surface area (Å²) in [5, 5.41) is 0.784. The predicted molar refractivity (Wildman–Crippen MR) is 89.1 cm³/mol. The summed E-state index contributed by atoms with van der Waals surface area (Å²) in [7, 11) is 0. The lowest BCUT2D eigenvalue weighted by Crippen LogP contribution is -2.36. The Morgan fingerprint density at radius 2 is 2.17 bits per heavy atom. The van der Waals surface area contributed by atoms with Crippen molar-refractivity contribution in [3.05, 3.63) is 28.9 Å². The lowest BCUT2D eigenvalue weighted by atomic mass is 10.3. The van der Waals surface area contributed by atoms with E-state index in [2.05, 4.69) is 14.9 Å². The van der Waals surface area contributed by atoms with Gasteiger partial charge >= 0.3 is 5.97 Å². The number of rotatable bonds is 4. The Bertz CT molecular complexity index is 678. The highest BCUT2D eigenvalue weighted by Gasteiger charge is 2.18. The predicted octanol–water partition coefficient (Wildman–Crippen LogP) is 2.53. The number of aromatic nitrogens is 2. The smallest absolute Gasteiger partial charge is 0.358 e. The summed E-state index contributed by atoms with van der Waals surface area (Å²) in [4.78, 5) is 23.8. The zero-order valence-electron chi connectivity index (χ0n) is 13.2. The quantitative estimate of drug-likeness (QED) is 0.801. The molecule has 23 heavy (non-hydrogen) atoms. The first-order valence-electron chi connectivity index (χ1n) is 7.62. The second-order valence-corrected chi connectivity index (χ2v) is 6.35. The average Bonchev–Trinajstić information content (AvgIpc) is 2.98. The van der Waals surface area contributed by atoms with Crippen LogP contribution < -0.4 is 4.90 Å². The molecule has 0 aliphatic carbocycles. The fourth-order valence-corrected chi connectivity index (χ4v) is 3.29. The Morgan fingerprint density at radius 3 is 2.83 bits per heavy atom. The minimum Gasteiger partial charge on any atom is -0.461 e. The van der Waals surface area contributed by atoms with E-state index in [4.69, 9.17) is 9.47 Å². The van der Waals surface area contributed by atoms with Crippen LogP contribution in [0.1, 0.15) is 22.3 Å². The third-order valence-corrected chi connectivity index (χ3v) is 4.62. The first kappa shape index (κ1) is 15.9. The molecular formula is C16H19N3O3S. The molecule has 122 valence electrons. The van der Waals surface area contributed by atoms with Crippen LogP contribution in [-0.4, -0.2) is 48.8 Å². The molecule has 0 N–H and O–H groups in total. The number of pyridine rings is 1. The molecule has 7 heteroatoms. The van der Waals surface area contributed by atoms with E-state index >= 15 is 0 Å². The number of ether oxygens (including phenoxy) is 2. The Morgan fingerprint density at radius 1 is 1.39 bits per heavy atom. The molecule has 1 fully saturated rings. The molecule has 3 rings (SSSR count).